The van der Waals surface area contributed by atoms with E-state index in [9.17, 15) is 24.3 Å². The van der Waals surface area contributed by atoms with Crippen molar-refractivity contribution in [2.45, 2.75) is 18.9 Å². The Balaban J connectivity index is 0.000000216. The predicted octanol–water partition coefficient (Wildman–Crippen LogP) is 10.2. The van der Waals surface area contributed by atoms with Gasteiger partial charge < -0.3 is 19.6 Å². The van der Waals surface area contributed by atoms with Crippen molar-refractivity contribution in [2.24, 2.45) is 0 Å². The van der Waals surface area contributed by atoms with E-state index in [1.165, 1.54) is 13.2 Å². The van der Waals surface area contributed by atoms with Crippen molar-refractivity contribution in [2.75, 3.05) is 44.1 Å². The maximum absolute atomic E-state index is 11.5. The lowest BCUT2D eigenvalue weighted by Crippen LogP contribution is -2.34. The molecule has 5 aromatic heterocycles. The SMILES string of the molecule is C=CC(=O)c1c(Cl)nc(Cl)nc1Cl.C=CC(O)c1c(Cl)nc(Cl)nc1Cl.CN1CCC(=O)c2c(Cl)nc(Cl)nc21.CN1CCC(=O)c2c1nc(Cl)[nH]c2=O.COc1c(Cl)nc(Cl)nc1Cl. The minimum Gasteiger partial charge on any atom is -0.491 e. The summed E-state index contributed by atoms with van der Waals surface area (Å²) in [5.74, 6) is 0.480. The number of rotatable bonds is 5. The molecule has 0 saturated carbocycles. The van der Waals surface area contributed by atoms with Gasteiger partial charge in [-0.3, -0.25) is 24.2 Å². The average Bonchev–Trinajstić information content (AvgIpc) is 3.20. The Hall–Kier alpha value is -3.47. The number of ether oxygens (including phenoxy) is 1. The molecule has 0 bridgehead atoms. The summed E-state index contributed by atoms with van der Waals surface area (Å²) in [5.41, 5.74) is 0.259. The van der Waals surface area contributed by atoms with Gasteiger partial charge in [-0.15, -0.1) is 6.58 Å². The molecule has 0 radical (unpaired) electrons. The summed E-state index contributed by atoms with van der Waals surface area (Å²) in [6, 6.07) is 0. The summed E-state index contributed by atoms with van der Waals surface area (Å²) in [5, 5.41) is 9.54. The fourth-order valence-corrected chi connectivity index (χ4v) is 8.00. The fourth-order valence-electron chi connectivity index (χ4n) is 4.86. The molecule has 7 heterocycles. The number of aromatic amines is 1. The normalized spacial score (nSPS) is 12.9. The minimum absolute atomic E-state index is 0.000741. The second kappa shape index (κ2) is 25.6. The Morgan fingerprint density at radius 3 is 1.48 bits per heavy atom. The second-order valence-electron chi connectivity index (χ2n) is 12.0. The highest BCUT2D eigenvalue weighted by Crippen LogP contribution is 2.32. The first-order chi connectivity index (χ1) is 30.4. The zero-order chi connectivity index (χ0) is 49.0. The Morgan fingerprint density at radius 1 is 0.631 bits per heavy atom. The predicted molar refractivity (Wildman–Crippen MR) is 254 cm³/mol. The number of nitrogens with one attached hydrogen (secondary N) is 1. The molecule has 18 nitrogen and oxygen atoms in total. The highest BCUT2D eigenvalue weighted by molar-refractivity contribution is 6.41. The molecule has 346 valence electrons. The molecular weight excluding hydrogens is 1110 g/mol. The number of nitrogens with zero attached hydrogens (tertiary/aromatic N) is 11. The third-order valence-electron chi connectivity index (χ3n) is 7.85. The van der Waals surface area contributed by atoms with Crippen molar-refractivity contribution in [3.63, 3.8) is 0 Å². The van der Waals surface area contributed by atoms with E-state index in [1.807, 2.05) is 11.9 Å². The van der Waals surface area contributed by atoms with Gasteiger partial charge in [0.1, 0.15) is 49.1 Å². The van der Waals surface area contributed by atoms with Crippen molar-refractivity contribution < 1.29 is 24.2 Å². The minimum atomic E-state index is -0.989. The smallest absolute Gasteiger partial charge is 0.264 e. The molecule has 65 heavy (non-hydrogen) atoms. The first kappa shape index (κ1) is 55.9. The number of fused-ring (bicyclic) bond motifs is 2. The summed E-state index contributed by atoms with van der Waals surface area (Å²) in [4.78, 5) is 84.7. The molecule has 2 N–H and O–H groups in total. The average molecular weight is 1140 g/mol. The van der Waals surface area contributed by atoms with E-state index in [0.29, 0.717) is 43.1 Å². The van der Waals surface area contributed by atoms with Crippen molar-refractivity contribution in [3.8, 4) is 5.75 Å². The zero-order valence-corrected chi connectivity index (χ0v) is 42.0. The van der Waals surface area contributed by atoms with E-state index in [1.54, 1.807) is 11.9 Å². The van der Waals surface area contributed by atoms with Crippen LogP contribution in [0.3, 0.4) is 0 Å². The zero-order valence-electron chi connectivity index (χ0n) is 32.9. The van der Waals surface area contributed by atoms with Crippen LogP contribution in [-0.4, -0.2) is 107 Å². The van der Waals surface area contributed by atoms with Crippen LogP contribution < -0.4 is 20.1 Å². The van der Waals surface area contributed by atoms with Crippen LogP contribution in [0, 0.1) is 0 Å². The maximum Gasteiger partial charge on any atom is 0.264 e. The first-order valence-electron chi connectivity index (χ1n) is 17.1. The molecule has 0 spiro atoms. The van der Waals surface area contributed by atoms with Crippen LogP contribution in [-0.2, 0) is 0 Å². The number of hydrogen-bond acceptors (Lipinski definition) is 17. The van der Waals surface area contributed by atoms with E-state index >= 15 is 0 Å². The van der Waals surface area contributed by atoms with Crippen LogP contribution in [0.25, 0.3) is 0 Å². The van der Waals surface area contributed by atoms with Gasteiger partial charge in [0.2, 0.25) is 26.4 Å². The van der Waals surface area contributed by atoms with Crippen molar-refractivity contribution in [3.05, 3.63) is 120 Å². The highest BCUT2D eigenvalue weighted by atomic mass is 35.5. The van der Waals surface area contributed by atoms with Crippen molar-refractivity contribution in [1.82, 2.24) is 49.8 Å². The van der Waals surface area contributed by atoms with E-state index in [4.69, 9.17) is 144 Å². The second-order valence-corrected chi connectivity index (χ2v) is 16.2. The van der Waals surface area contributed by atoms with Gasteiger partial charge in [-0.2, -0.15) is 4.98 Å². The van der Waals surface area contributed by atoms with Crippen molar-refractivity contribution >= 4 is 168 Å². The molecule has 2 aliphatic rings. The van der Waals surface area contributed by atoms with Gasteiger partial charge in [-0.05, 0) is 64.1 Å². The number of halogens is 12. The highest BCUT2D eigenvalue weighted by Gasteiger charge is 2.27. The van der Waals surface area contributed by atoms with Crippen LogP contribution in [0.5, 0.6) is 5.75 Å². The summed E-state index contributed by atoms with van der Waals surface area (Å²) >= 11 is 67.2. The molecule has 2 aliphatic heterocycles. The number of Topliss-reactive ketones (excluding diaryl/α,β-unsaturated/α-hetero) is 2. The van der Waals surface area contributed by atoms with E-state index in [0.717, 1.165) is 6.08 Å². The van der Waals surface area contributed by atoms with Gasteiger partial charge in [0.15, 0.2) is 33.4 Å². The van der Waals surface area contributed by atoms with Crippen LogP contribution in [0.2, 0.25) is 62.5 Å². The molecule has 1 atom stereocenters. The summed E-state index contributed by atoms with van der Waals surface area (Å²) in [6.45, 7) is 7.87. The fraction of sp³-hybridized carbons (Fsp3) is 0.229. The van der Waals surface area contributed by atoms with Gasteiger partial charge in [0.05, 0.1) is 23.8 Å². The molecule has 7 rings (SSSR count). The summed E-state index contributed by atoms with van der Waals surface area (Å²) in [7, 11) is 5.03. The van der Waals surface area contributed by atoms with Crippen molar-refractivity contribution in [1.29, 1.82) is 0 Å². The molecule has 0 amide bonds. The quantitative estimate of drug-likeness (QED) is 0.0547. The van der Waals surface area contributed by atoms with Crippen LogP contribution in [0.4, 0.5) is 11.6 Å². The van der Waals surface area contributed by atoms with Crippen LogP contribution >= 0.6 is 139 Å². The number of aromatic nitrogens is 10. The lowest BCUT2D eigenvalue weighted by molar-refractivity contribution is 0.0971. The van der Waals surface area contributed by atoms with Crippen LogP contribution in [0.1, 0.15) is 55.6 Å². The van der Waals surface area contributed by atoms with Gasteiger partial charge in [0.25, 0.3) is 5.56 Å². The number of carbonyl (C=O) groups excluding carboxylic acids is 3. The molecule has 0 aliphatic carbocycles. The number of hydrogen-bond donors (Lipinski definition) is 2. The van der Waals surface area contributed by atoms with Gasteiger partial charge in [-0.1, -0.05) is 93.9 Å². The molecule has 1 unspecified atom stereocenters. The number of aliphatic hydroxyl groups is 1. The molecule has 30 heteroatoms. The topological polar surface area (TPSA) is 236 Å². The van der Waals surface area contributed by atoms with E-state index in [-0.39, 0.29) is 96.5 Å². The summed E-state index contributed by atoms with van der Waals surface area (Å²) in [6.07, 6.45) is 2.14. The molecule has 0 saturated heterocycles. The van der Waals surface area contributed by atoms with E-state index in [2.05, 4.69) is 63.0 Å². The Labute approximate surface area is 428 Å². The number of aliphatic hydroxyl groups excluding tert-OH is 1. The largest absolute Gasteiger partial charge is 0.491 e. The number of ketones is 3. The molecule has 0 fully saturated rings. The Bertz CT molecular complexity index is 2630. The molecule has 0 aromatic carbocycles. The first-order valence-corrected chi connectivity index (χ1v) is 21.7. The lowest BCUT2D eigenvalue weighted by Gasteiger charge is -2.25. The number of allylic oxidation sites excluding steroid dienone is 1. The van der Waals surface area contributed by atoms with Gasteiger partial charge in [0, 0.05) is 40.0 Å². The standard InChI is InChI=1S/C8H7Cl2N3O.C8H8ClN3O2.C7H5Cl3N2O.C7H3Cl3N2O.C5H3Cl3N2O/c1-13-3-2-4(14)5-6(9)11-8(10)12-7(5)13;1-12-3-2-4(13)5-6(12)10-8(9)11-7(5)14;2*1-2-3(13)4-5(8)11-7(10)12-6(4)9;1-11-2-3(6)9-5(8)10-4(2)7/h2-3H2,1H3;2-3H2,1H3,(H,10,11,14);2-3,13H,1H2;2H,1H2;1H3. The molecular formula is C35H26Cl12N12O6. The number of carbonyl (C=O) groups is 3. The number of methoxy groups -OCH3 is 1. The van der Waals surface area contributed by atoms with Crippen LogP contribution in [0.15, 0.2) is 30.1 Å². The summed E-state index contributed by atoms with van der Waals surface area (Å²) < 4.78 is 4.78. The Morgan fingerprint density at radius 2 is 1.03 bits per heavy atom. The van der Waals surface area contributed by atoms with Gasteiger partial charge in [-0.25, -0.2) is 39.9 Å². The third-order valence-corrected chi connectivity index (χ3v) is 10.6. The maximum atomic E-state index is 11.5. The third kappa shape index (κ3) is 15.3. The number of anilines is 2. The monoisotopic (exact) mass is 1130 g/mol. The van der Waals surface area contributed by atoms with E-state index < -0.39 is 17.4 Å². The van der Waals surface area contributed by atoms with Gasteiger partial charge >= 0.3 is 0 Å². The molecule has 5 aromatic rings. The Kier molecular flexibility index (Phi) is 22.0. The lowest BCUT2D eigenvalue weighted by atomic mass is 10.1. The number of H-pyrrole nitrogens is 1.